The number of para-hydroxylation sites is 3. The quantitative estimate of drug-likeness (QED) is 0.128. The summed E-state index contributed by atoms with van der Waals surface area (Å²) in [7, 11) is 0. The molecule has 0 spiro atoms. The highest BCUT2D eigenvalue weighted by Gasteiger charge is 2.28. The molecule has 0 amide bonds. The van der Waals surface area contributed by atoms with Gasteiger partial charge in [-0.2, -0.15) is 10.5 Å². The van der Waals surface area contributed by atoms with Gasteiger partial charge in [-0.1, -0.05) is 140 Å². The summed E-state index contributed by atoms with van der Waals surface area (Å²) in [6.45, 7) is 7.04. The van der Waals surface area contributed by atoms with Gasteiger partial charge in [0.2, 0.25) is 0 Å². The highest BCUT2D eigenvalue weighted by atomic mass is 32.1. The predicted octanol–water partition coefficient (Wildman–Crippen LogP) is 16.2. The van der Waals surface area contributed by atoms with Gasteiger partial charge in [-0.15, -0.1) is 12.6 Å². The van der Waals surface area contributed by atoms with E-state index in [-0.39, 0.29) is 0 Å². The van der Waals surface area contributed by atoms with E-state index in [0.717, 1.165) is 115 Å². The lowest BCUT2D eigenvalue weighted by atomic mass is 10.0. The van der Waals surface area contributed by atoms with E-state index in [1.54, 1.807) is 0 Å². The molecule has 1 aliphatic rings. The zero-order chi connectivity index (χ0) is 47.9. The second-order valence-electron chi connectivity index (χ2n) is 18.1. The number of benzene rings is 9. The molecule has 0 radical (unpaired) electrons. The van der Waals surface area contributed by atoms with Gasteiger partial charge in [0.1, 0.15) is 12.1 Å². The summed E-state index contributed by atoms with van der Waals surface area (Å²) in [5.74, 6) is 0. The van der Waals surface area contributed by atoms with Crippen LogP contribution in [0.2, 0.25) is 0 Å². The highest BCUT2D eigenvalue weighted by molar-refractivity contribution is 7.80. The van der Waals surface area contributed by atoms with Crippen LogP contribution in [0.3, 0.4) is 0 Å². The van der Waals surface area contributed by atoms with Gasteiger partial charge < -0.3 is 18.6 Å². The summed E-state index contributed by atoms with van der Waals surface area (Å²) in [5, 5.41) is 32.6. The molecule has 0 saturated heterocycles. The minimum atomic E-state index is 0.422. The molecule has 334 valence electrons. The second-order valence-corrected chi connectivity index (χ2v) is 18.5. The molecule has 13 rings (SSSR count). The lowest BCUT2D eigenvalue weighted by Gasteiger charge is -2.19. The number of hydrogen-bond acceptors (Lipinski definition) is 4. The fourth-order valence-electron chi connectivity index (χ4n) is 11.2. The summed E-state index contributed by atoms with van der Waals surface area (Å²) in [4.78, 5) is 3.01. The first-order valence-electron chi connectivity index (χ1n) is 23.7. The summed E-state index contributed by atoms with van der Waals surface area (Å²) >= 11 is 5.38. The molecule has 0 unspecified atom stereocenters. The topological polar surface area (TPSA) is 65.6 Å². The van der Waals surface area contributed by atoms with Crippen LogP contribution in [0, 0.1) is 22.7 Å². The molecular formula is C64H42N6S. The number of aromatic nitrogens is 3. The number of thiol groups is 1. The third-order valence-electron chi connectivity index (χ3n) is 14.3. The van der Waals surface area contributed by atoms with Crippen molar-refractivity contribution in [2.75, 3.05) is 11.4 Å². The molecule has 0 N–H and O–H groups in total. The monoisotopic (exact) mass is 926 g/mol. The number of nitrogens with zero attached hydrogens (tertiary/aromatic N) is 6. The van der Waals surface area contributed by atoms with Crippen molar-refractivity contribution in [3.05, 3.63) is 235 Å². The second kappa shape index (κ2) is 16.5. The Hall–Kier alpha value is -9.27. The number of rotatable bonds is 7. The maximum Gasteiger partial charge on any atom is 0.101 e. The zero-order valence-electron chi connectivity index (χ0n) is 38.7. The van der Waals surface area contributed by atoms with Gasteiger partial charge in [-0.05, 0) is 107 Å². The normalized spacial score (nSPS) is 13.4. The van der Waals surface area contributed by atoms with Crippen molar-refractivity contribution in [3.8, 4) is 29.2 Å². The summed E-state index contributed by atoms with van der Waals surface area (Å²) < 4.78 is 6.67. The highest BCUT2D eigenvalue weighted by Crippen LogP contribution is 2.46. The average Bonchev–Trinajstić information content (AvgIpc) is 4.14. The Bertz CT molecular complexity index is 4450. The molecule has 71 heavy (non-hydrogen) atoms. The maximum atomic E-state index is 11.4. The lowest BCUT2D eigenvalue weighted by molar-refractivity contribution is 1.06. The lowest BCUT2D eigenvalue weighted by Crippen LogP contribution is -2.17. The molecule has 1 aliphatic heterocycles. The van der Waals surface area contributed by atoms with Crippen molar-refractivity contribution in [2.24, 2.45) is 0 Å². The molecule has 3 aromatic heterocycles. The van der Waals surface area contributed by atoms with Gasteiger partial charge in [0, 0.05) is 61.0 Å². The largest absolute Gasteiger partial charge is 0.337 e. The Morgan fingerprint density at radius 1 is 0.535 bits per heavy atom. The van der Waals surface area contributed by atoms with Crippen LogP contribution < -0.4 is 4.90 Å². The molecule has 4 heterocycles. The Morgan fingerprint density at radius 2 is 1.13 bits per heavy atom. The van der Waals surface area contributed by atoms with Crippen LogP contribution in [-0.4, -0.2) is 20.2 Å². The van der Waals surface area contributed by atoms with Gasteiger partial charge >= 0.3 is 0 Å². The van der Waals surface area contributed by atoms with Gasteiger partial charge in [0.05, 0.1) is 55.8 Å². The van der Waals surface area contributed by atoms with Gasteiger partial charge in [0.25, 0.3) is 0 Å². The van der Waals surface area contributed by atoms with Crippen LogP contribution in [-0.2, 0) is 0 Å². The van der Waals surface area contributed by atoms with Crippen LogP contribution in [0.4, 0.5) is 5.69 Å². The summed E-state index contributed by atoms with van der Waals surface area (Å²) in [6, 6.07) is 66.4. The number of nitriles is 2. The van der Waals surface area contributed by atoms with E-state index in [2.05, 4.69) is 189 Å². The van der Waals surface area contributed by atoms with Gasteiger partial charge in [0.15, 0.2) is 0 Å². The van der Waals surface area contributed by atoms with Crippen molar-refractivity contribution in [1.82, 2.24) is 13.7 Å². The van der Waals surface area contributed by atoms with Crippen molar-refractivity contribution in [3.63, 3.8) is 0 Å². The van der Waals surface area contributed by atoms with Gasteiger partial charge in [-0.3, -0.25) is 0 Å². The summed E-state index contributed by atoms with van der Waals surface area (Å²) in [6.07, 6.45) is 10.2. The zero-order valence-corrected chi connectivity index (χ0v) is 39.6. The first-order valence-corrected chi connectivity index (χ1v) is 24.1. The molecule has 0 fully saturated rings. The van der Waals surface area contributed by atoms with Crippen LogP contribution in [0.25, 0.3) is 105 Å². The third kappa shape index (κ3) is 6.34. The van der Waals surface area contributed by atoms with Crippen LogP contribution in [0.15, 0.2) is 217 Å². The minimum Gasteiger partial charge on any atom is -0.337 e. The SMILES string of the molecule is C=C(/C=C\C=C/C)N1C/C(=C\c2c(S)c3c4ccccc4ccc3n2-c2cc(C#N)c(-n3c4cc5c6ccccc6n(-c6ccccc6)c5cc4c4c5ccccc5ccc43)cc2C#N)c2ccccc21. The molecule has 7 heteroatoms. The van der Waals surface area contributed by atoms with E-state index in [1.807, 2.05) is 61.6 Å². The fourth-order valence-corrected chi connectivity index (χ4v) is 11.6. The van der Waals surface area contributed by atoms with E-state index in [9.17, 15) is 10.5 Å². The number of fused-ring (bicyclic) bond motifs is 12. The first kappa shape index (κ1) is 41.9. The maximum absolute atomic E-state index is 11.4. The van der Waals surface area contributed by atoms with Crippen molar-refractivity contribution < 1.29 is 0 Å². The smallest absolute Gasteiger partial charge is 0.101 e. The number of anilines is 1. The predicted molar refractivity (Wildman–Crippen MR) is 298 cm³/mol. The van der Waals surface area contributed by atoms with E-state index >= 15 is 0 Å². The van der Waals surface area contributed by atoms with Crippen LogP contribution >= 0.6 is 12.6 Å². The first-order chi connectivity index (χ1) is 34.9. The molecule has 0 aliphatic carbocycles. The van der Waals surface area contributed by atoms with Crippen LogP contribution in [0.5, 0.6) is 0 Å². The van der Waals surface area contributed by atoms with Crippen molar-refractivity contribution in [1.29, 1.82) is 10.5 Å². The third-order valence-corrected chi connectivity index (χ3v) is 14.7. The van der Waals surface area contributed by atoms with Crippen LogP contribution in [0.1, 0.15) is 29.3 Å². The van der Waals surface area contributed by atoms with Crippen molar-refractivity contribution in [2.45, 2.75) is 11.8 Å². The minimum absolute atomic E-state index is 0.422. The molecule has 9 aromatic carbocycles. The molecule has 12 aromatic rings. The average molecular weight is 927 g/mol. The van der Waals surface area contributed by atoms with Gasteiger partial charge in [-0.25, -0.2) is 0 Å². The molecular weight excluding hydrogens is 885 g/mol. The van der Waals surface area contributed by atoms with E-state index in [0.29, 0.717) is 29.0 Å². The van der Waals surface area contributed by atoms with Crippen molar-refractivity contribution >= 4 is 106 Å². The molecule has 0 bridgehead atoms. The van der Waals surface area contributed by atoms with E-state index < -0.39 is 0 Å². The fraction of sp³-hybridized carbons (Fsp3) is 0.0312. The summed E-state index contributed by atoms with van der Waals surface area (Å²) in [5.41, 5.74) is 13.1. The number of hydrogen-bond donors (Lipinski definition) is 1. The molecule has 0 atom stereocenters. The Labute approximate surface area is 415 Å². The molecule has 6 nitrogen and oxygen atoms in total. The standard InChI is InChI=1S/C64H42N6S/c1-3-4-6-17-40(2)67-39-45(47-22-13-15-26-53(47)67)34-61-64(71)63-49-24-12-10-19-42(49)29-31-56(63)70(61)58-33-43(37-65)57(32-44(58)38-66)69-55-30-28-41-18-9-11-23-48(41)62(55)52-36-59-51(35-60(52)69)50-25-14-16-27-54(50)68(59)46-20-7-5-8-21-46/h3-36,71H,2,39H2,1H3/b4-3-,17-6-,45-34+. The molecule has 0 saturated carbocycles. The van der Waals surface area contributed by atoms with E-state index in [1.165, 1.54) is 0 Å². The Kier molecular flexibility index (Phi) is 9.71. The Balaban J connectivity index is 1.09. The Morgan fingerprint density at radius 3 is 1.85 bits per heavy atom. The van der Waals surface area contributed by atoms with E-state index in [4.69, 9.17) is 12.6 Å². The number of allylic oxidation sites excluding steroid dienone is 4.